The molecule has 6 nitrogen and oxygen atoms in total. The number of nitrogens with one attached hydrogen (secondary N) is 2. The van der Waals surface area contributed by atoms with Gasteiger partial charge in [-0.05, 0) is 31.5 Å². The van der Waals surface area contributed by atoms with Crippen molar-refractivity contribution in [1.29, 1.82) is 0 Å². The van der Waals surface area contributed by atoms with Crippen LogP contribution >= 0.6 is 0 Å². The molecule has 1 amide bonds. The second-order valence-electron chi connectivity index (χ2n) is 4.49. The third-order valence-electron chi connectivity index (χ3n) is 2.43. The molecule has 1 unspecified atom stereocenters. The Morgan fingerprint density at radius 2 is 2.10 bits per heavy atom. The lowest BCUT2D eigenvalue weighted by atomic mass is 10.3. The summed E-state index contributed by atoms with van der Waals surface area (Å²) in [7, 11) is -3.93. The van der Waals surface area contributed by atoms with Gasteiger partial charge in [-0.2, -0.15) is 0 Å². The second kappa shape index (κ2) is 6.78. The summed E-state index contributed by atoms with van der Waals surface area (Å²) in [6.07, 6.45) is 0.449. The Kier molecular flexibility index (Phi) is 5.61. The predicted molar refractivity (Wildman–Crippen MR) is 74.2 cm³/mol. The summed E-state index contributed by atoms with van der Waals surface area (Å²) < 4.78 is 39.8. The van der Waals surface area contributed by atoms with Gasteiger partial charge in [0, 0.05) is 25.2 Å². The van der Waals surface area contributed by atoms with Crippen LogP contribution in [-0.4, -0.2) is 26.9 Å². The van der Waals surface area contributed by atoms with Crippen LogP contribution < -0.4 is 15.8 Å². The molecule has 1 atom stereocenters. The van der Waals surface area contributed by atoms with E-state index in [-0.39, 0.29) is 24.2 Å². The van der Waals surface area contributed by atoms with Crippen molar-refractivity contribution in [2.75, 3.05) is 11.9 Å². The van der Waals surface area contributed by atoms with Crippen molar-refractivity contribution in [3.8, 4) is 0 Å². The molecular formula is C12H18FN3O3S. The van der Waals surface area contributed by atoms with E-state index in [9.17, 15) is 17.6 Å². The third-order valence-corrected chi connectivity index (χ3v) is 3.93. The minimum absolute atomic E-state index is 0.132. The standard InChI is InChI=1S/C12H18FN3O3S/c1-8(14)5-6-15-20(18,19)12-4-3-10(7-11(12)13)16-9(2)17/h3-4,7-8,15H,5-6,14H2,1-2H3,(H,16,17). The summed E-state index contributed by atoms with van der Waals surface area (Å²) in [4.78, 5) is 10.4. The molecule has 0 saturated heterocycles. The quantitative estimate of drug-likeness (QED) is 0.723. The van der Waals surface area contributed by atoms with E-state index in [1.54, 1.807) is 6.92 Å². The van der Waals surface area contributed by atoms with Crippen LogP contribution in [0, 0.1) is 5.82 Å². The molecule has 112 valence electrons. The van der Waals surface area contributed by atoms with E-state index >= 15 is 0 Å². The number of halogens is 1. The van der Waals surface area contributed by atoms with Crippen LogP contribution in [0.15, 0.2) is 23.1 Å². The molecule has 1 rings (SSSR count). The Bertz CT molecular complexity index is 588. The van der Waals surface area contributed by atoms with Gasteiger partial charge in [0.1, 0.15) is 10.7 Å². The van der Waals surface area contributed by atoms with Crippen LogP contribution in [0.25, 0.3) is 0 Å². The van der Waals surface area contributed by atoms with Gasteiger partial charge in [0.15, 0.2) is 0 Å². The molecule has 8 heteroatoms. The summed E-state index contributed by atoms with van der Waals surface area (Å²) in [5, 5.41) is 2.37. The van der Waals surface area contributed by atoms with Crippen LogP contribution in [0.2, 0.25) is 0 Å². The number of rotatable bonds is 6. The van der Waals surface area contributed by atoms with Gasteiger partial charge in [0.2, 0.25) is 15.9 Å². The number of anilines is 1. The zero-order valence-electron chi connectivity index (χ0n) is 11.3. The van der Waals surface area contributed by atoms with E-state index in [0.717, 1.165) is 12.1 Å². The molecule has 1 aromatic carbocycles. The summed E-state index contributed by atoms with van der Waals surface area (Å²) >= 11 is 0. The maximum Gasteiger partial charge on any atom is 0.243 e. The number of carbonyl (C=O) groups excluding carboxylic acids is 1. The number of hydrogen-bond donors (Lipinski definition) is 3. The van der Waals surface area contributed by atoms with E-state index in [4.69, 9.17) is 5.73 Å². The smallest absolute Gasteiger partial charge is 0.243 e. The largest absolute Gasteiger partial charge is 0.328 e. The Morgan fingerprint density at radius 1 is 1.45 bits per heavy atom. The van der Waals surface area contributed by atoms with E-state index in [0.29, 0.717) is 6.42 Å². The molecule has 0 heterocycles. The molecule has 20 heavy (non-hydrogen) atoms. The minimum Gasteiger partial charge on any atom is -0.328 e. The van der Waals surface area contributed by atoms with Crippen LogP contribution in [0.3, 0.4) is 0 Å². The Hall–Kier alpha value is -1.51. The zero-order valence-corrected chi connectivity index (χ0v) is 12.1. The van der Waals surface area contributed by atoms with Crippen LogP contribution in [0.4, 0.5) is 10.1 Å². The van der Waals surface area contributed by atoms with Gasteiger partial charge < -0.3 is 11.1 Å². The molecule has 0 fully saturated rings. The second-order valence-corrected chi connectivity index (χ2v) is 6.23. The van der Waals surface area contributed by atoms with Gasteiger partial charge >= 0.3 is 0 Å². The summed E-state index contributed by atoms with van der Waals surface area (Å²) in [6, 6.07) is 3.24. The SMILES string of the molecule is CC(=O)Nc1ccc(S(=O)(=O)NCCC(C)N)c(F)c1. The Balaban J connectivity index is 2.87. The first-order valence-corrected chi connectivity index (χ1v) is 7.53. The molecule has 0 bridgehead atoms. The first kappa shape index (κ1) is 16.5. The molecule has 0 radical (unpaired) electrons. The monoisotopic (exact) mass is 303 g/mol. The van der Waals surface area contributed by atoms with Gasteiger partial charge in [-0.3, -0.25) is 4.79 Å². The molecule has 0 aliphatic heterocycles. The fourth-order valence-electron chi connectivity index (χ4n) is 1.50. The van der Waals surface area contributed by atoms with Gasteiger partial charge in [0.25, 0.3) is 0 Å². The molecular weight excluding hydrogens is 285 g/mol. The molecule has 0 aromatic heterocycles. The number of nitrogens with two attached hydrogens (primary N) is 1. The van der Waals surface area contributed by atoms with Crippen molar-refractivity contribution in [2.45, 2.75) is 31.2 Å². The lowest BCUT2D eigenvalue weighted by molar-refractivity contribution is -0.114. The highest BCUT2D eigenvalue weighted by molar-refractivity contribution is 7.89. The Labute approximate surface area is 117 Å². The summed E-state index contributed by atoms with van der Waals surface area (Å²) in [6.45, 7) is 3.15. The maximum atomic E-state index is 13.8. The van der Waals surface area contributed by atoms with Gasteiger partial charge in [0.05, 0.1) is 0 Å². The van der Waals surface area contributed by atoms with E-state index in [1.807, 2.05) is 0 Å². The highest BCUT2D eigenvalue weighted by atomic mass is 32.2. The number of hydrogen-bond acceptors (Lipinski definition) is 4. The molecule has 0 spiro atoms. The van der Waals surface area contributed by atoms with Crippen molar-refractivity contribution in [3.05, 3.63) is 24.0 Å². The first-order valence-electron chi connectivity index (χ1n) is 6.05. The van der Waals surface area contributed by atoms with Crippen LogP contribution in [0.1, 0.15) is 20.3 Å². The molecule has 4 N–H and O–H groups in total. The Morgan fingerprint density at radius 3 is 2.60 bits per heavy atom. The van der Waals surface area contributed by atoms with Crippen molar-refractivity contribution in [2.24, 2.45) is 5.73 Å². The highest BCUT2D eigenvalue weighted by Crippen LogP contribution is 2.18. The minimum atomic E-state index is -3.93. The van der Waals surface area contributed by atoms with E-state index < -0.39 is 20.7 Å². The lowest BCUT2D eigenvalue weighted by Crippen LogP contribution is -2.29. The van der Waals surface area contributed by atoms with Crippen LogP contribution in [0.5, 0.6) is 0 Å². The fourth-order valence-corrected chi connectivity index (χ4v) is 2.60. The first-order chi connectivity index (χ1) is 9.22. The number of amides is 1. The molecule has 0 aliphatic carbocycles. The van der Waals surface area contributed by atoms with Gasteiger partial charge in [-0.25, -0.2) is 17.5 Å². The fraction of sp³-hybridized carbons (Fsp3) is 0.417. The molecule has 0 saturated carbocycles. The van der Waals surface area contributed by atoms with Crippen molar-refractivity contribution >= 4 is 21.6 Å². The average molecular weight is 303 g/mol. The zero-order chi connectivity index (χ0) is 15.3. The normalized spacial score (nSPS) is 13.0. The molecule has 1 aromatic rings. The van der Waals surface area contributed by atoms with E-state index in [1.165, 1.54) is 13.0 Å². The summed E-state index contributed by atoms with van der Waals surface area (Å²) in [5.41, 5.74) is 5.71. The van der Waals surface area contributed by atoms with Gasteiger partial charge in [-0.1, -0.05) is 0 Å². The molecule has 0 aliphatic rings. The number of carbonyl (C=O) groups is 1. The van der Waals surface area contributed by atoms with Crippen LogP contribution in [-0.2, 0) is 14.8 Å². The van der Waals surface area contributed by atoms with E-state index in [2.05, 4.69) is 10.0 Å². The third kappa shape index (κ3) is 4.87. The van der Waals surface area contributed by atoms with Crippen molar-refractivity contribution in [3.63, 3.8) is 0 Å². The number of benzene rings is 1. The average Bonchev–Trinajstić information content (AvgIpc) is 2.26. The van der Waals surface area contributed by atoms with Crippen molar-refractivity contribution < 1.29 is 17.6 Å². The maximum absolute atomic E-state index is 13.8. The predicted octanol–water partition coefficient (Wildman–Crippen LogP) is 0.800. The summed E-state index contributed by atoms with van der Waals surface area (Å²) in [5.74, 6) is -1.29. The van der Waals surface area contributed by atoms with Gasteiger partial charge in [-0.15, -0.1) is 0 Å². The topological polar surface area (TPSA) is 101 Å². The highest BCUT2D eigenvalue weighted by Gasteiger charge is 2.19. The van der Waals surface area contributed by atoms with Crippen molar-refractivity contribution in [1.82, 2.24) is 4.72 Å². The lowest BCUT2D eigenvalue weighted by Gasteiger charge is -2.10. The number of sulfonamides is 1.